The maximum absolute atomic E-state index is 6.64. The number of hydrogen-bond acceptors (Lipinski definition) is 6. The Morgan fingerprint density at radius 1 is 0.426 bits per heavy atom. The average Bonchev–Trinajstić information content (AvgIpc) is 3.08. The largest absolute Gasteiger partial charge is 0.327 e. The Morgan fingerprint density at radius 3 is 1.28 bits per heavy atom. The number of nitrogens with one attached hydrogen (secondary N) is 4. The minimum atomic E-state index is 0. The van der Waals surface area contributed by atoms with Crippen LogP contribution in [-0.4, -0.2) is 51.4 Å². The van der Waals surface area contributed by atoms with Gasteiger partial charge in [0.15, 0.2) is 0 Å². The lowest BCUT2D eigenvalue weighted by atomic mass is 9.93. The lowest BCUT2D eigenvalue weighted by molar-refractivity contribution is 0.537. The normalized spacial score (nSPS) is 12.4. The maximum Gasteiger partial charge on any atom is 0.0205 e. The van der Waals surface area contributed by atoms with Crippen molar-refractivity contribution in [2.45, 2.75) is 63.7 Å². The van der Waals surface area contributed by atoms with Crippen molar-refractivity contribution in [2.24, 2.45) is 11.5 Å². The van der Waals surface area contributed by atoms with Gasteiger partial charge in [0.2, 0.25) is 0 Å². The lowest BCUT2D eigenvalue weighted by Crippen LogP contribution is -2.30. The predicted octanol–water partition coefficient (Wildman–Crippen LogP) is 5.83. The van der Waals surface area contributed by atoms with Crippen molar-refractivity contribution in [3.8, 4) is 11.1 Å². The summed E-state index contributed by atoms with van der Waals surface area (Å²) < 4.78 is 0. The van der Waals surface area contributed by atoms with Gasteiger partial charge in [-0.1, -0.05) is 109 Å². The first-order valence-corrected chi connectivity index (χ1v) is 17.3. The summed E-state index contributed by atoms with van der Waals surface area (Å²) in [6.45, 7) is 7.73. The van der Waals surface area contributed by atoms with Crippen LogP contribution in [-0.2, 0) is 25.9 Å². The van der Waals surface area contributed by atoms with Crippen LogP contribution in [0.25, 0.3) is 11.1 Å². The molecule has 47 heavy (non-hydrogen) atoms. The zero-order valence-corrected chi connectivity index (χ0v) is 28.8. The maximum atomic E-state index is 6.64. The Kier molecular flexibility index (Phi) is 19.0. The Balaban J connectivity index is 0.00000600. The molecule has 0 aliphatic carbocycles. The standard InChI is InChI=1S/C40H56N6.ClH/c41-39(18-24-43-20-10-22-45-31-33-12-4-1-5-13-33)29-35-26-36(28-38(27-35)37-16-8-3-9-17-37)30-40(42)19-25-44-21-11-23-46-32-34-14-6-2-7-15-34;/h1-9,12-17,26-28,39-40,43-46H,10-11,18-25,29-32,41-42H2;1H. The molecule has 254 valence electrons. The fourth-order valence-corrected chi connectivity index (χ4v) is 5.76. The van der Waals surface area contributed by atoms with E-state index in [-0.39, 0.29) is 24.5 Å². The molecule has 8 N–H and O–H groups in total. The number of nitrogens with two attached hydrogens (primary N) is 2. The minimum Gasteiger partial charge on any atom is -0.327 e. The lowest BCUT2D eigenvalue weighted by Gasteiger charge is -2.17. The average molecular weight is 657 g/mol. The Labute approximate surface area is 289 Å². The molecule has 0 heterocycles. The summed E-state index contributed by atoms with van der Waals surface area (Å²) in [5.41, 5.74) is 21.0. The molecule has 0 aromatic heterocycles. The van der Waals surface area contributed by atoms with Crippen LogP contribution in [0.2, 0.25) is 0 Å². The molecule has 4 aromatic carbocycles. The van der Waals surface area contributed by atoms with E-state index in [2.05, 4.69) is 130 Å². The van der Waals surface area contributed by atoms with Crippen molar-refractivity contribution in [2.75, 3.05) is 39.3 Å². The number of rotatable bonds is 23. The van der Waals surface area contributed by atoms with Crippen LogP contribution in [0.4, 0.5) is 0 Å². The summed E-state index contributed by atoms with van der Waals surface area (Å²) in [6, 6.07) is 38.9. The smallest absolute Gasteiger partial charge is 0.0205 e. The molecular formula is C40H57ClN6. The van der Waals surface area contributed by atoms with Crippen molar-refractivity contribution < 1.29 is 0 Å². The first-order valence-electron chi connectivity index (χ1n) is 17.3. The molecule has 0 spiro atoms. The van der Waals surface area contributed by atoms with E-state index < -0.39 is 0 Å². The third kappa shape index (κ3) is 16.1. The van der Waals surface area contributed by atoms with Gasteiger partial charge in [-0.15, -0.1) is 12.4 Å². The first kappa shape index (κ1) is 38.4. The fraction of sp³-hybridized carbons (Fsp3) is 0.400. The summed E-state index contributed by atoms with van der Waals surface area (Å²) in [5, 5.41) is 14.2. The van der Waals surface area contributed by atoms with E-state index in [0.717, 1.165) is 90.9 Å². The quantitative estimate of drug-likeness (QED) is 0.0562. The molecule has 0 bridgehead atoms. The van der Waals surface area contributed by atoms with Crippen LogP contribution >= 0.6 is 12.4 Å². The predicted molar refractivity (Wildman–Crippen MR) is 203 cm³/mol. The Hall–Kier alpha value is -3.07. The molecule has 0 aliphatic rings. The van der Waals surface area contributed by atoms with E-state index in [9.17, 15) is 0 Å². The van der Waals surface area contributed by atoms with Gasteiger partial charge in [-0.3, -0.25) is 0 Å². The number of hydrogen-bond donors (Lipinski definition) is 6. The summed E-state index contributed by atoms with van der Waals surface area (Å²) >= 11 is 0. The summed E-state index contributed by atoms with van der Waals surface area (Å²) in [4.78, 5) is 0. The zero-order chi connectivity index (χ0) is 32.1. The van der Waals surface area contributed by atoms with Gasteiger partial charge in [-0.25, -0.2) is 0 Å². The van der Waals surface area contributed by atoms with E-state index in [1.165, 1.54) is 33.4 Å². The van der Waals surface area contributed by atoms with Crippen LogP contribution in [0.1, 0.15) is 47.9 Å². The zero-order valence-electron chi connectivity index (χ0n) is 28.0. The SMILES string of the molecule is Cl.NC(CCNCCCNCc1ccccc1)Cc1cc(CC(N)CCNCCCNCc2ccccc2)cc(-c2ccccc2)c1. The molecular weight excluding hydrogens is 600 g/mol. The van der Waals surface area contributed by atoms with Gasteiger partial charge in [0.05, 0.1) is 0 Å². The van der Waals surface area contributed by atoms with Crippen LogP contribution in [0.3, 0.4) is 0 Å². The first-order chi connectivity index (χ1) is 22.7. The topological polar surface area (TPSA) is 100 Å². The van der Waals surface area contributed by atoms with E-state index in [4.69, 9.17) is 11.5 Å². The molecule has 0 fully saturated rings. The highest BCUT2D eigenvalue weighted by atomic mass is 35.5. The molecule has 2 unspecified atom stereocenters. The van der Waals surface area contributed by atoms with Crippen molar-refractivity contribution in [3.63, 3.8) is 0 Å². The van der Waals surface area contributed by atoms with Crippen LogP contribution < -0.4 is 32.7 Å². The molecule has 4 rings (SSSR count). The van der Waals surface area contributed by atoms with E-state index in [0.29, 0.717) is 0 Å². The molecule has 0 amide bonds. The van der Waals surface area contributed by atoms with Gasteiger partial charge >= 0.3 is 0 Å². The van der Waals surface area contributed by atoms with E-state index in [1.807, 2.05) is 0 Å². The molecule has 2 atom stereocenters. The van der Waals surface area contributed by atoms with Crippen molar-refractivity contribution >= 4 is 12.4 Å². The Morgan fingerprint density at radius 2 is 0.830 bits per heavy atom. The van der Waals surface area contributed by atoms with Gasteiger partial charge in [0.25, 0.3) is 0 Å². The summed E-state index contributed by atoms with van der Waals surface area (Å²) in [5.74, 6) is 0. The molecule has 4 aromatic rings. The highest BCUT2D eigenvalue weighted by Gasteiger charge is 2.11. The molecule has 0 aliphatic heterocycles. The monoisotopic (exact) mass is 656 g/mol. The number of benzene rings is 4. The van der Waals surface area contributed by atoms with Crippen LogP contribution in [0.15, 0.2) is 109 Å². The van der Waals surface area contributed by atoms with Gasteiger partial charge in [0.1, 0.15) is 0 Å². The Bertz CT molecular complexity index is 1260. The third-order valence-corrected chi connectivity index (χ3v) is 8.30. The molecule has 0 saturated heterocycles. The summed E-state index contributed by atoms with van der Waals surface area (Å²) in [7, 11) is 0. The third-order valence-electron chi connectivity index (χ3n) is 8.30. The molecule has 6 nitrogen and oxygen atoms in total. The highest BCUT2D eigenvalue weighted by Crippen LogP contribution is 2.24. The second-order valence-corrected chi connectivity index (χ2v) is 12.4. The van der Waals surface area contributed by atoms with E-state index >= 15 is 0 Å². The van der Waals surface area contributed by atoms with Crippen LogP contribution in [0.5, 0.6) is 0 Å². The second-order valence-electron chi connectivity index (χ2n) is 12.4. The van der Waals surface area contributed by atoms with Gasteiger partial charge < -0.3 is 32.7 Å². The van der Waals surface area contributed by atoms with Crippen molar-refractivity contribution in [1.29, 1.82) is 0 Å². The van der Waals surface area contributed by atoms with Gasteiger partial charge in [-0.2, -0.15) is 0 Å². The van der Waals surface area contributed by atoms with E-state index in [1.54, 1.807) is 0 Å². The minimum absolute atomic E-state index is 0. The second kappa shape index (κ2) is 23.3. The van der Waals surface area contributed by atoms with Gasteiger partial charge in [-0.05, 0) is 111 Å². The van der Waals surface area contributed by atoms with Crippen LogP contribution in [0, 0.1) is 0 Å². The summed E-state index contributed by atoms with van der Waals surface area (Å²) in [6.07, 6.45) is 5.84. The van der Waals surface area contributed by atoms with Gasteiger partial charge in [0, 0.05) is 25.2 Å². The molecule has 7 heteroatoms. The van der Waals surface area contributed by atoms with Crippen molar-refractivity contribution in [1.82, 2.24) is 21.3 Å². The fourth-order valence-electron chi connectivity index (χ4n) is 5.76. The van der Waals surface area contributed by atoms with Crippen molar-refractivity contribution in [3.05, 3.63) is 131 Å². The molecule has 0 saturated carbocycles. The molecule has 0 radical (unpaired) electrons. The highest BCUT2D eigenvalue weighted by molar-refractivity contribution is 5.85. The number of halogens is 1.